The van der Waals surface area contributed by atoms with Crippen molar-refractivity contribution in [1.82, 2.24) is 9.55 Å². The van der Waals surface area contributed by atoms with Crippen molar-refractivity contribution in [3.8, 4) is 11.1 Å². The van der Waals surface area contributed by atoms with Crippen LogP contribution in [0.3, 0.4) is 0 Å². The van der Waals surface area contributed by atoms with Crippen LogP contribution in [-0.2, 0) is 13.1 Å². The highest BCUT2D eigenvalue weighted by molar-refractivity contribution is 7.21. The monoisotopic (exact) mass is 501 g/mol. The molecule has 0 unspecified atom stereocenters. The van der Waals surface area contributed by atoms with Gasteiger partial charge in [0, 0.05) is 24.3 Å². The minimum Gasteiger partial charge on any atom is -0.477 e. The molecule has 0 saturated heterocycles. The number of aromatic nitrogens is 2. The molecule has 0 saturated carbocycles. The number of fused-ring (bicyclic) bond motifs is 1. The van der Waals surface area contributed by atoms with Crippen LogP contribution in [0.4, 0.5) is 5.13 Å². The highest BCUT2D eigenvalue weighted by Crippen LogP contribution is 2.29. The molecule has 0 aliphatic rings. The van der Waals surface area contributed by atoms with Crippen LogP contribution < -0.4 is 10.7 Å². The third-order valence-electron chi connectivity index (χ3n) is 5.65. The van der Waals surface area contributed by atoms with E-state index < -0.39 is 11.4 Å². The number of anilines is 1. The summed E-state index contributed by atoms with van der Waals surface area (Å²) in [5.41, 5.74) is 3.37. The minimum atomic E-state index is -1.27. The third kappa shape index (κ3) is 4.82. The molecule has 2 aromatic heterocycles. The van der Waals surface area contributed by atoms with Gasteiger partial charge >= 0.3 is 5.97 Å². The molecule has 0 spiro atoms. The summed E-state index contributed by atoms with van der Waals surface area (Å²) in [6.07, 6.45) is 1.41. The Morgan fingerprint density at radius 1 is 1.00 bits per heavy atom. The first kappa shape index (κ1) is 22.8. The molecule has 5 aromatic rings. The van der Waals surface area contributed by atoms with Gasteiger partial charge in [-0.15, -0.1) is 0 Å². The van der Waals surface area contributed by atoms with Crippen molar-refractivity contribution in [3.05, 3.63) is 117 Å². The molecule has 6 nitrogen and oxygen atoms in total. The standard InChI is InChI=1S/C27H20ClN3O3S/c28-20-12-10-17(11-13-20)14-29-27-30-23-24(32)22(26(33)34)16-31(25(23)35-27)15-19-8-4-5-9-21(19)18-6-2-1-3-7-18/h1-13,16H,14-15H2,(H,29,30)(H,33,34). The molecule has 0 bridgehead atoms. The molecule has 0 radical (unpaired) electrons. The minimum absolute atomic E-state index is 0.144. The first-order valence-corrected chi connectivity index (χ1v) is 12.1. The van der Waals surface area contributed by atoms with Crippen molar-refractivity contribution >= 4 is 44.4 Å². The van der Waals surface area contributed by atoms with E-state index in [9.17, 15) is 14.7 Å². The summed E-state index contributed by atoms with van der Waals surface area (Å²) in [7, 11) is 0. The molecule has 8 heteroatoms. The second-order valence-corrected chi connectivity index (χ2v) is 9.39. The Kier molecular flexibility index (Phi) is 6.35. The zero-order valence-corrected chi connectivity index (χ0v) is 20.0. The van der Waals surface area contributed by atoms with Crippen LogP contribution in [0.1, 0.15) is 21.5 Å². The van der Waals surface area contributed by atoms with Crippen molar-refractivity contribution in [2.24, 2.45) is 0 Å². The van der Waals surface area contributed by atoms with Gasteiger partial charge in [0.1, 0.15) is 15.9 Å². The summed E-state index contributed by atoms with van der Waals surface area (Å²) in [5.74, 6) is -1.27. The number of halogens is 1. The van der Waals surface area contributed by atoms with E-state index in [1.54, 1.807) is 4.57 Å². The van der Waals surface area contributed by atoms with Crippen molar-refractivity contribution < 1.29 is 9.90 Å². The maximum absolute atomic E-state index is 12.9. The number of hydrogen-bond acceptors (Lipinski definition) is 5. The van der Waals surface area contributed by atoms with Gasteiger partial charge in [-0.2, -0.15) is 0 Å². The lowest BCUT2D eigenvalue weighted by atomic mass is 9.99. The topological polar surface area (TPSA) is 84.2 Å². The normalized spacial score (nSPS) is 11.0. The van der Waals surface area contributed by atoms with Gasteiger partial charge in [-0.05, 0) is 34.4 Å². The number of pyridine rings is 1. The van der Waals surface area contributed by atoms with E-state index in [0.29, 0.717) is 28.1 Å². The lowest BCUT2D eigenvalue weighted by Gasteiger charge is -2.13. The lowest BCUT2D eigenvalue weighted by molar-refractivity contribution is 0.0695. The fourth-order valence-electron chi connectivity index (χ4n) is 3.92. The lowest BCUT2D eigenvalue weighted by Crippen LogP contribution is -2.19. The average Bonchev–Trinajstić information content (AvgIpc) is 3.31. The number of carbonyl (C=O) groups is 1. The van der Waals surface area contributed by atoms with E-state index in [1.807, 2.05) is 78.9 Å². The van der Waals surface area contributed by atoms with E-state index in [-0.39, 0.29) is 11.1 Å². The number of thiazole rings is 1. The van der Waals surface area contributed by atoms with Gasteiger partial charge in [0.2, 0.25) is 5.43 Å². The fourth-order valence-corrected chi connectivity index (χ4v) is 4.98. The molecule has 3 aromatic carbocycles. The molecule has 0 fully saturated rings. The number of nitrogens with one attached hydrogen (secondary N) is 1. The number of carboxylic acids is 1. The van der Waals surface area contributed by atoms with Crippen LogP contribution in [-0.4, -0.2) is 20.6 Å². The van der Waals surface area contributed by atoms with Crippen LogP contribution in [0.2, 0.25) is 5.02 Å². The van der Waals surface area contributed by atoms with E-state index in [0.717, 1.165) is 22.3 Å². The molecule has 2 N–H and O–H groups in total. The Labute approximate surface area is 210 Å². The molecule has 2 heterocycles. The van der Waals surface area contributed by atoms with Crippen LogP contribution in [0.15, 0.2) is 89.9 Å². The smallest absolute Gasteiger partial charge is 0.341 e. The molecule has 5 rings (SSSR count). The Morgan fingerprint density at radius 2 is 1.71 bits per heavy atom. The van der Waals surface area contributed by atoms with E-state index in [4.69, 9.17) is 11.6 Å². The number of hydrogen-bond donors (Lipinski definition) is 2. The summed E-state index contributed by atoms with van der Waals surface area (Å²) in [6.45, 7) is 0.884. The highest BCUT2D eigenvalue weighted by Gasteiger charge is 2.19. The van der Waals surface area contributed by atoms with E-state index in [1.165, 1.54) is 17.5 Å². The van der Waals surface area contributed by atoms with Crippen molar-refractivity contribution in [3.63, 3.8) is 0 Å². The van der Waals surface area contributed by atoms with Crippen molar-refractivity contribution in [2.45, 2.75) is 13.1 Å². The maximum atomic E-state index is 12.9. The van der Waals surface area contributed by atoms with Gasteiger partial charge in [0.05, 0.1) is 0 Å². The Balaban J connectivity index is 1.55. The first-order valence-electron chi connectivity index (χ1n) is 10.9. The largest absolute Gasteiger partial charge is 0.477 e. The van der Waals surface area contributed by atoms with Gasteiger partial charge < -0.3 is 15.0 Å². The Hall–Kier alpha value is -3.94. The molecule has 35 heavy (non-hydrogen) atoms. The average molecular weight is 502 g/mol. The van der Waals surface area contributed by atoms with Gasteiger partial charge in [-0.1, -0.05) is 89.7 Å². The second kappa shape index (κ2) is 9.74. The van der Waals surface area contributed by atoms with Gasteiger partial charge in [0.15, 0.2) is 5.13 Å². The predicted molar refractivity (Wildman–Crippen MR) is 141 cm³/mol. The summed E-state index contributed by atoms with van der Waals surface area (Å²) >= 11 is 7.28. The zero-order valence-electron chi connectivity index (χ0n) is 18.4. The molecule has 0 aliphatic heterocycles. The first-order chi connectivity index (χ1) is 17.0. The maximum Gasteiger partial charge on any atom is 0.341 e. The molecular formula is C27H20ClN3O3S. The number of benzene rings is 3. The zero-order chi connectivity index (χ0) is 24.4. The van der Waals surface area contributed by atoms with Crippen molar-refractivity contribution in [2.75, 3.05) is 5.32 Å². The Morgan fingerprint density at radius 3 is 2.46 bits per heavy atom. The van der Waals surface area contributed by atoms with Crippen LogP contribution in [0.25, 0.3) is 21.5 Å². The molecule has 0 amide bonds. The molecule has 174 valence electrons. The predicted octanol–water partition coefficient (Wildman–Crippen LogP) is 6.14. The van der Waals surface area contributed by atoms with Crippen LogP contribution in [0, 0.1) is 0 Å². The van der Waals surface area contributed by atoms with Crippen LogP contribution >= 0.6 is 22.9 Å². The second-order valence-electron chi connectivity index (χ2n) is 7.98. The number of nitrogens with zero attached hydrogens (tertiary/aromatic N) is 2. The highest BCUT2D eigenvalue weighted by atomic mass is 35.5. The summed E-state index contributed by atoms with van der Waals surface area (Å²) in [6, 6.07) is 25.4. The SMILES string of the molecule is O=C(O)c1cn(Cc2ccccc2-c2ccccc2)c2sc(NCc3ccc(Cl)cc3)nc2c1=O. The molecular weight excluding hydrogens is 482 g/mol. The van der Waals surface area contributed by atoms with E-state index in [2.05, 4.69) is 10.3 Å². The fraction of sp³-hybridized carbons (Fsp3) is 0.0741. The Bertz CT molecular complexity index is 1580. The summed E-state index contributed by atoms with van der Waals surface area (Å²) < 4.78 is 1.80. The van der Waals surface area contributed by atoms with Gasteiger partial charge in [-0.25, -0.2) is 9.78 Å². The van der Waals surface area contributed by atoms with Crippen molar-refractivity contribution in [1.29, 1.82) is 0 Å². The third-order valence-corrected chi connectivity index (χ3v) is 6.95. The summed E-state index contributed by atoms with van der Waals surface area (Å²) in [4.78, 5) is 29.8. The number of carboxylic acid groups (broad SMARTS) is 1. The van der Waals surface area contributed by atoms with E-state index >= 15 is 0 Å². The van der Waals surface area contributed by atoms with Gasteiger partial charge in [0.25, 0.3) is 0 Å². The van der Waals surface area contributed by atoms with Crippen LogP contribution in [0.5, 0.6) is 0 Å². The quantitative estimate of drug-likeness (QED) is 0.280. The summed E-state index contributed by atoms with van der Waals surface area (Å²) in [5, 5.41) is 14.1. The molecule has 0 atom stereocenters. The molecule has 0 aliphatic carbocycles. The van der Waals surface area contributed by atoms with Gasteiger partial charge in [-0.3, -0.25) is 4.79 Å². The number of aromatic carboxylic acids is 1. The number of rotatable bonds is 7.